The zero-order chi connectivity index (χ0) is 16.5. The minimum absolute atomic E-state index is 0.0104. The highest BCUT2D eigenvalue weighted by Crippen LogP contribution is 2.19. The Morgan fingerprint density at radius 3 is 2.04 bits per heavy atom. The largest absolute Gasteiger partial charge is 0.378 e. The molecule has 5 nitrogen and oxygen atoms in total. The Morgan fingerprint density at radius 1 is 0.917 bits per heavy atom. The second-order valence-electron chi connectivity index (χ2n) is 5.94. The van der Waals surface area contributed by atoms with Crippen molar-refractivity contribution in [3.05, 3.63) is 58.8 Å². The highest BCUT2D eigenvalue weighted by Gasteiger charge is 2.19. The number of morpholine rings is 1. The number of amides is 1. The summed E-state index contributed by atoms with van der Waals surface area (Å²) in [4.78, 5) is 27.2. The van der Waals surface area contributed by atoms with Gasteiger partial charge < -0.3 is 14.2 Å². The fraction of sp³-hybridized carbons (Fsp3) is 0.263. The normalized spacial score (nSPS) is 15.1. The van der Waals surface area contributed by atoms with Crippen LogP contribution in [0.25, 0.3) is 21.8 Å². The summed E-state index contributed by atoms with van der Waals surface area (Å²) in [5, 5.41) is 1.29. The van der Waals surface area contributed by atoms with Gasteiger partial charge in [0.05, 0.1) is 24.2 Å². The summed E-state index contributed by atoms with van der Waals surface area (Å²) in [5.74, 6) is 0.0530. The van der Waals surface area contributed by atoms with E-state index in [2.05, 4.69) is 0 Å². The number of ether oxygens (including phenoxy) is 1. The molecule has 122 valence electrons. The predicted molar refractivity (Wildman–Crippen MR) is 93.1 cm³/mol. The van der Waals surface area contributed by atoms with Crippen molar-refractivity contribution >= 4 is 27.7 Å². The first-order chi connectivity index (χ1) is 11.8. The number of carbonyl (C=O) groups is 1. The van der Waals surface area contributed by atoms with E-state index in [0.717, 1.165) is 11.0 Å². The second-order valence-corrected chi connectivity index (χ2v) is 5.94. The molecule has 5 heteroatoms. The third-order valence-electron chi connectivity index (χ3n) is 4.54. The summed E-state index contributed by atoms with van der Waals surface area (Å²) in [6, 6.07) is 14.9. The summed E-state index contributed by atoms with van der Waals surface area (Å²) < 4.78 is 7.26. The first-order valence-electron chi connectivity index (χ1n) is 8.11. The number of hydrogen-bond acceptors (Lipinski definition) is 3. The molecule has 0 bridgehead atoms. The van der Waals surface area contributed by atoms with Gasteiger partial charge >= 0.3 is 0 Å². The first kappa shape index (κ1) is 14.9. The van der Waals surface area contributed by atoms with Crippen LogP contribution in [0, 0.1) is 0 Å². The molecule has 4 rings (SSSR count). The van der Waals surface area contributed by atoms with Crippen LogP contribution >= 0.6 is 0 Å². The van der Waals surface area contributed by atoms with Crippen LogP contribution in [0.2, 0.25) is 0 Å². The molecule has 1 aliphatic rings. The number of fused-ring (bicyclic) bond motifs is 2. The molecule has 0 N–H and O–H groups in total. The van der Waals surface area contributed by atoms with Gasteiger partial charge in [-0.2, -0.15) is 0 Å². The molecule has 2 heterocycles. The van der Waals surface area contributed by atoms with Crippen LogP contribution in [0.4, 0.5) is 0 Å². The average Bonchev–Trinajstić information content (AvgIpc) is 2.65. The Morgan fingerprint density at radius 2 is 1.46 bits per heavy atom. The maximum Gasteiger partial charge on any atom is 0.242 e. The summed E-state index contributed by atoms with van der Waals surface area (Å²) in [5.41, 5.74) is 1.60. The first-order valence-corrected chi connectivity index (χ1v) is 8.11. The number of benzene rings is 2. The summed E-state index contributed by atoms with van der Waals surface area (Å²) in [6.07, 6.45) is 0. The van der Waals surface area contributed by atoms with Crippen molar-refractivity contribution in [2.75, 3.05) is 26.3 Å². The standard InChI is InChI=1S/C19H18N2O3/c22-18(20-9-11-24-12-10-20)13-21-16-7-3-1-5-14(16)19(23)15-6-2-4-8-17(15)21/h1-8H,9-13H2. The fourth-order valence-electron chi connectivity index (χ4n) is 3.30. The van der Waals surface area contributed by atoms with Crippen LogP contribution < -0.4 is 5.43 Å². The van der Waals surface area contributed by atoms with Crippen molar-refractivity contribution in [2.24, 2.45) is 0 Å². The third-order valence-corrected chi connectivity index (χ3v) is 4.54. The maximum atomic E-state index is 12.7. The molecule has 0 unspecified atom stereocenters. The Kier molecular flexibility index (Phi) is 3.78. The lowest BCUT2D eigenvalue weighted by Gasteiger charge is -2.27. The lowest BCUT2D eigenvalue weighted by atomic mass is 10.1. The van der Waals surface area contributed by atoms with Gasteiger partial charge in [0.25, 0.3) is 0 Å². The molecule has 0 atom stereocenters. The molecule has 24 heavy (non-hydrogen) atoms. The molecule has 1 saturated heterocycles. The van der Waals surface area contributed by atoms with Gasteiger partial charge in [0.15, 0.2) is 5.43 Å². The topological polar surface area (TPSA) is 51.5 Å². The van der Waals surface area contributed by atoms with Gasteiger partial charge in [-0.15, -0.1) is 0 Å². The van der Waals surface area contributed by atoms with E-state index in [4.69, 9.17) is 4.74 Å². The number of aromatic nitrogens is 1. The Balaban J connectivity index is 1.87. The van der Waals surface area contributed by atoms with Crippen molar-refractivity contribution in [2.45, 2.75) is 6.54 Å². The number of rotatable bonds is 2. The molecule has 1 fully saturated rings. The van der Waals surface area contributed by atoms with Gasteiger partial charge in [-0.05, 0) is 24.3 Å². The van der Waals surface area contributed by atoms with Crippen LogP contribution in [-0.2, 0) is 16.1 Å². The van der Waals surface area contributed by atoms with Crippen molar-refractivity contribution < 1.29 is 9.53 Å². The van der Waals surface area contributed by atoms with E-state index >= 15 is 0 Å². The lowest BCUT2D eigenvalue weighted by molar-refractivity contribution is -0.135. The number of hydrogen-bond donors (Lipinski definition) is 0. The van der Waals surface area contributed by atoms with Gasteiger partial charge in [-0.1, -0.05) is 24.3 Å². The second kappa shape index (κ2) is 6.09. The molecule has 1 aromatic heterocycles. The minimum Gasteiger partial charge on any atom is -0.378 e. The molecular weight excluding hydrogens is 304 g/mol. The zero-order valence-corrected chi connectivity index (χ0v) is 13.3. The highest BCUT2D eigenvalue weighted by molar-refractivity contribution is 5.94. The van der Waals surface area contributed by atoms with Crippen molar-refractivity contribution in [3.8, 4) is 0 Å². The molecule has 3 aromatic rings. The van der Waals surface area contributed by atoms with E-state index in [1.54, 1.807) is 0 Å². The van der Waals surface area contributed by atoms with Gasteiger partial charge in [0.1, 0.15) is 6.54 Å². The van der Waals surface area contributed by atoms with E-state index in [1.165, 1.54) is 0 Å². The van der Waals surface area contributed by atoms with E-state index in [0.29, 0.717) is 37.1 Å². The third kappa shape index (κ3) is 2.47. The van der Waals surface area contributed by atoms with Crippen molar-refractivity contribution in [3.63, 3.8) is 0 Å². The molecule has 0 saturated carbocycles. The number of para-hydroxylation sites is 2. The quantitative estimate of drug-likeness (QED) is 0.678. The van der Waals surface area contributed by atoms with Crippen LogP contribution in [0.5, 0.6) is 0 Å². The maximum absolute atomic E-state index is 12.7. The molecule has 0 aliphatic carbocycles. The molecule has 2 aromatic carbocycles. The van der Waals surface area contributed by atoms with E-state index in [9.17, 15) is 9.59 Å². The zero-order valence-electron chi connectivity index (χ0n) is 13.3. The van der Waals surface area contributed by atoms with Crippen LogP contribution in [0.1, 0.15) is 0 Å². The number of pyridine rings is 1. The highest BCUT2D eigenvalue weighted by atomic mass is 16.5. The summed E-state index contributed by atoms with van der Waals surface area (Å²) >= 11 is 0. The average molecular weight is 322 g/mol. The van der Waals surface area contributed by atoms with Gasteiger partial charge in [0.2, 0.25) is 5.91 Å². The fourth-order valence-corrected chi connectivity index (χ4v) is 3.30. The Labute approximate surface area is 139 Å². The van der Waals surface area contributed by atoms with Crippen LogP contribution in [0.3, 0.4) is 0 Å². The Bertz CT molecular complexity index is 911. The van der Waals surface area contributed by atoms with Crippen LogP contribution in [0.15, 0.2) is 53.3 Å². The molecular formula is C19H18N2O3. The van der Waals surface area contributed by atoms with Gasteiger partial charge in [-0.25, -0.2) is 0 Å². The smallest absolute Gasteiger partial charge is 0.242 e. The van der Waals surface area contributed by atoms with Crippen molar-refractivity contribution in [1.29, 1.82) is 0 Å². The van der Waals surface area contributed by atoms with Crippen LogP contribution in [-0.4, -0.2) is 41.7 Å². The predicted octanol–water partition coefficient (Wildman–Crippen LogP) is 2.01. The SMILES string of the molecule is O=C(Cn1c2ccccc2c(=O)c2ccccc21)N1CCOCC1. The molecule has 0 radical (unpaired) electrons. The summed E-state index contributed by atoms with van der Waals surface area (Å²) in [7, 11) is 0. The Hall–Kier alpha value is -2.66. The van der Waals surface area contributed by atoms with Crippen molar-refractivity contribution in [1.82, 2.24) is 9.47 Å². The van der Waals surface area contributed by atoms with E-state index < -0.39 is 0 Å². The number of nitrogens with zero attached hydrogens (tertiary/aromatic N) is 2. The lowest BCUT2D eigenvalue weighted by Crippen LogP contribution is -2.42. The molecule has 0 spiro atoms. The van der Waals surface area contributed by atoms with E-state index in [-0.39, 0.29) is 17.9 Å². The van der Waals surface area contributed by atoms with Gasteiger partial charge in [-0.3, -0.25) is 9.59 Å². The minimum atomic E-state index is 0.0104. The molecule has 1 aliphatic heterocycles. The summed E-state index contributed by atoms with van der Waals surface area (Å²) in [6.45, 7) is 2.62. The molecule has 1 amide bonds. The van der Waals surface area contributed by atoms with E-state index in [1.807, 2.05) is 58.0 Å². The van der Waals surface area contributed by atoms with Gasteiger partial charge in [0, 0.05) is 23.9 Å². The number of carbonyl (C=O) groups excluding carboxylic acids is 1. The monoisotopic (exact) mass is 322 g/mol.